The Morgan fingerprint density at radius 3 is 2.56 bits per heavy atom. The first-order chi connectivity index (χ1) is 12.1. The molecule has 2 amide bonds. The molecule has 1 saturated carbocycles. The first-order valence-corrected chi connectivity index (χ1v) is 8.88. The number of amides is 2. The molecule has 2 N–H and O–H groups in total. The molecule has 0 atom stereocenters. The van der Waals surface area contributed by atoms with E-state index in [0.29, 0.717) is 12.3 Å². The maximum absolute atomic E-state index is 11.9. The van der Waals surface area contributed by atoms with Gasteiger partial charge >= 0.3 is 5.97 Å². The summed E-state index contributed by atoms with van der Waals surface area (Å²) in [6.45, 7) is 1.51. The van der Waals surface area contributed by atoms with E-state index in [1.165, 1.54) is 0 Å². The lowest BCUT2D eigenvalue weighted by atomic mass is 10.1. The van der Waals surface area contributed by atoms with E-state index in [1.807, 2.05) is 31.2 Å². The zero-order valence-electron chi connectivity index (χ0n) is 14.7. The summed E-state index contributed by atoms with van der Waals surface area (Å²) in [5.74, 6) is -0.742. The number of carbonyl (C=O) groups is 3. The molecule has 0 bridgehead atoms. The topological polar surface area (TPSA) is 84.5 Å². The molecule has 6 heteroatoms. The van der Waals surface area contributed by atoms with Crippen LogP contribution in [0.5, 0.6) is 0 Å². The van der Waals surface area contributed by atoms with E-state index in [-0.39, 0.29) is 25.0 Å². The van der Waals surface area contributed by atoms with Gasteiger partial charge in [0.15, 0.2) is 6.61 Å². The summed E-state index contributed by atoms with van der Waals surface area (Å²) in [7, 11) is 0. The first-order valence-electron chi connectivity index (χ1n) is 8.88. The van der Waals surface area contributed by atoms with E-state index < -0.39 is 5.91 Å². The fraction of sp³-hybridized carbons (Fsp3) is 0.526. The van der Waals surface area contributed by atoms with Crippen molar-refractivity contribution < 1.29 is 19.1 Å². The van der Waals surface area contributed by atoms with Crippen molar-refractivity contribution in [3.05, 3.63) is 29.8 Å². The molecule has 0 aromatic heterocycles. The van der Waals surface area contributed by atoms with Gasteiger partial charge in [-0.2, -0.15) is 0 Å². The molecule has 25 heavy (non-hydrogen) atoms. The molecule has 1 aliphatic carbocycles. The Labute approximate surface area is 148 Å². The summed E-state index contributed by atoms with van der Waals surface area (Å²) in [4.78, 5) is 35.3. The number of aryl methyl sites for hydroxylation is 1. The van der Waals surface area contributed by atoms with Gasteiger partial charge in [-0.1, -0.05) is 38.0 Å². The van der Waals surface area contributed by atoms with Crippen molar-refractivity contribution in [3.63, 3.8) is 0 Å². The number of nitrogens with one attached hydrogen (secondary N) is 2. The monoisotopic (exact) mass is 346 g/mol. The predicted octanol–water partition coefficient (Wildman–Crippen LogP) is 2.43. The molecule has 0 radical (unpaired) electrons. The normalized spacial score (nSPS) is 14.1. The molecule has 0 aliphatic heterocycles. The predicted molar refractivity (Wildman–Crippen MR) is 95.0 cm³/mol. The number of ether oxygens (including phenoxy) is 1. The van der Waals surface area contributed by atoms with Gasteiger partial charge in [0.05, 0.1) is 6.54 Å². The van der Waals surface area contributed by atoms with Gasteiger partial charge in [0.25, 0.3) is 5.91 Å². The molecule has 2 rings (SSSR count). The van der Waals surface area contributed by atoms with Gasteiger partial charge < -0.3 is 15.4 Å². The van der Waals surface area contributed by atoms with Crippen LogP contribution in [0, 0.1) is 5.92 Å². The van der Waals surface area contributed by atoms with Crippen LogP contribution >= 0.6 is 0 Å². The van der Waals surface area contributed by atoms with Crippen molar-refractivity contribution in [2.45, 2.75) is 45.4 Å². The summed E-state index contributed by atoms with van der Waals surface area (Å²) in [5.41, 5.74) is 1.77. The largest absolute Gasteiger partial charge is 0.456 e. The lowest BCUT2D eigenvalue weighted by Gasteiger charge is -2.11. The first kappa shape index (κ1) is 19.0. The summed E-state index contributed by atoms with van der Waals surface area (Å²) < 4.78 is 4.97. The molecule has 6 nitrogen and oxygen atoms in total. The van der Waals surface area contributed by atoms with Crippen molar-refractivity contribution in [1.29, 1.82) is 0 Å². The Kier molecular flexibility index (Phi) is 7.44. The van der Waals surface area contributed by atoms with Crippen molar-refractivity contribution in [2.24, 2.45) is 5.92 Å². The number of hydrogen-bond donors (Lipinski definition) is 2. The number of benzene rings is 1. The molecular formula is C19H26N2O4. The van der Waals surface area contributed by atoms with Crippen molar-refractivity contribution in [1.82, 2.24) is 5.32 Å². The maximum atomic E-state index is 11.9. The van der Waals surface area contributed by atoms with E-state index in [0.717, 1.165) is 43.4 Å². The van der Waals surface area contributed by atoms with Crippen LogP contribution in [0.25, 0.3) is 0 Å². The molecule has 0 saturated heterocycles. The van der Waals surface area contributed by atoms with Crippen LogP contribution in [0.4, 0.5) is 5.69 Å². The van der Waals surface area contributed by atoms with E-state index >= 15 is 0 Å². The smallest absolute Gasteiger partial charge is 0.306 e. The Morgan fingerprint density at radius 1 is 1.12 bits per heavy atom. The van der Waals surface area contributed by atoms with Crippen molar-refractivity contribution in [2.75, 3.05) is 18.5 Å². The Bertz CT molecular complexity index is 609. The second-order valence-electron chi connectivity index (χ2n) is 6.35. The minimum atomic E-state index is -0.473. The van der Waals surface area contributed by atoms with Gasteiger partial charge in [0, 0.05) is 12.1 Å². The number of rotatable bonds is 8. The number of para-hydroxylation sites is 1. The lowest BCUT2D eigenvalue weighted by Crippen LogP contribution is -2.35. The van der Waals surface area contributed by atoms with Crippen molar-refractivity contribution >= 4 is 23.5 Å². The standard InChI is InChI=1S/C19H26N2O4/c1-2-15-9-5-6-10-16(15)21-17(22)12-20-18(23)13-25-19(24)11-14-7-3-4-8-14/h5-6,9-10,14H,2-4,7-8,11-13H2,1H3,(H,20,23)(H,21,22). The van der Waals surface area contributed by atoms with Crippen LogP contribution in [-0.4, -0.2) is 30.9 Å². The lowest BCUT2D eigenvalue weighted by molar-refractivity contribution is -0.149. The molecule has 1 aromatic rings. The van der Waals surface area contributed by atoms with E-state index in [9.17, 15) is 14.4 Å². The minimum Gasteiger partial charge on any atom is -0.456 e. The second kappa shape index (κ2) is 9.81. The Balaban J connectivity index is 1.65. The average Bonchev–Trinajstić information content (AvgIpc) is 3.11. The minimum absolute atomic E-state index is 0.156. The third-order valence-electron chi connectivity index (χ3n) is 4.41. The van der Waals surface area contributed by atoms with E-state index in [1.54, 1.807) is 0 Å². The van der Waals surface area contributed by atoms with Crippen LogP contribution in [-0.2, 0) is 25.5 Å². The fourth-order valence-corrected chi connectivity index (χ4v) is 3.03. The van der Waals surface area contributed by atoms with E-state index in [2.05, 4.69) is 10.6 Å². The molecule has 1 aromatic carbocycles. The van der Waals surface area contributed by atoms with Crippen LogP contribution < -0.4 is 10.6 Å². The number of anilines is 1. The molecule has 0 spiro atoms. The van der Waals surface area contributed by atoms with Crippen molar-refractivity contribution in [3.8, 4) is 0 Å². The summed E-state index contributed by atoms with van der Waals surface area (Å²) >= 11 is 0. The highest BCUT2D eigenvalue weighted by atomic mass is 16.5. The number of carbonyl (C=O) groups excluding carboxylic acids is 3. The fourth-order valence-electron chi connectivity index (χ4n) is 3.03. The van der Waals surface area contributed by atoms with Gasteiger partial charge in [-0.3, -0.25) is 14.4 Å². The zero-order valence-corrected chi connectivity index (χ0v) is 14.7. The highest BCUT2D eigenvalue weighted by molar-refractivity contribution is 5.95. The Hall–Kier alpha value is -2.37. The van der Waals surface area contributed by atoms with Gasteiger partial charge in [0.1, 0.15) is 0 Å². The third kappa shape index (κ3) is 6.57. The quantitative estimate of drug-likeness (QED) is 0.708. The highest BCUT2D eigenvalue weighted by Gasteiger charge is 2.19. The van der Waals surface area contributed by atoms with Gasteiger partial charge in [-0.15, -0.1) is 0 Å². The molecule has 136 valence electrons. The van der Waals surface area contributed by atoms with Crippen LogP contribution in [0.2, 0.25) is 0 Å². The molecule has 1 fully saturated rings. The molecule has 0 heterocycles. The summed E-state index contributed by atoms with van der Waals surface area (Å²) in [6, 6.07) is 7.52. The third-order valence-corrected chi connectivity index (χ3v) is 4.41. The second-order valence-corrected chi connectivity index (χ2v) is 6.35. The molecule has 0 unspecified atom stereocenters. The number of esters is 1. The van der Waals surface area contributed by atoms with E-state index in [4.69, 9.17) is 4.74 Å². The summed E-state index contributed by atoms with van der Waals surface area (Å²) in [6.07, 6.45) is 5.62. The van der Waals surface area contributed by atoms with Gasteiger partial charge in [0.2, 0.25) is 5.91 Å². The van der Waals surface area contributed by atoms with Crippen LogP contribution in [0.1, 0.15) is 44.6 Å². The highest BCUT2D eigenvalue weighted by Crippen LogP contribution is 2.27. The van der Waals surface area contributed by atoms with Gasteiger partial charge in [-0.05, 0) is 36.8 Å². The van der Waals surface area contributed by atoms with Gasteiger partial charge in [-0.25, -0.2) is 0 Å². The SMILES string of the molecule is CCc1ccccc1NC(=O)CNC(=O)COC(=O)CC1CCCC1. The van der Waals surface area contributed by atoms with Crippen LogP contribution in [0.15, 0.2) is 24.3 Å². The zero-order chi connectivity index (χ0) is 18.1. The maximum Gasteiger partial charge on any atom is 0.306 e. The molecule has 1 aliphatic rings. The summed E-state index contributed by atoms with van der Waals surface area (Å²) in [5, 5.41) is 5.23. The Morgan fingerprint density at radius 2 is 1.84 bits per heavy atom. The molecular weight excluding hydrogens is 320 g/mol. The average molecular weight is 346 g/mol. The number of hydrogen-bond acceptors (Lipinski definition) is 4. The van der Waals surface area contributed by atoms with Crippen LogP contribution in [0.3, 0.4) is 0 Å².